The molecule has 174 valence electrons. The minimum atomic E-state index is -1.27. The maximum absolute atomic E-state index is 14.9. The molecule has 2 aromatic rings. The second kappa shape index (κ2) is 9.66. The summed E-state index contributed by atoms with van der Waals surface area (Å²) in [6, 6.07) is 6.10. The van der Waals surface area contributed by atoms with Gasteiger partial charge in [0.15, 0.2) is 5.75 Å². The topological polar surface area (TPSA) is 94.9 Å². The molecule has 3 N–H and O–H groups in total. The number of nitrogens with zero attached hydrogens (tertiary/aromatic N) is 2. The molecule has 1 saturated heterocycles. The molecule has 1 aromatic heterocycles. The van der Waals surface area contributed by atoms with E-state index >= 15 is 0 Å². The molecule has 0 spiro atoms. The van der Waals surface area contributed by atoms with Crippen molar-refractivity contribution in [3.05, 3.63) is 52.9 Å². The molecule has 1 fully saturated rings. The zero-order valence-corrected chi connectivity index (χ0v) is 18.4. The van der Waals surface area contributed by atoms with E-state index in [-0.39, 0.29) is 48.3 Å². The van der Waals surface area contributed by atoms with Crippen molar-refractivity contribution in [1.29, 1.82) is 0 Å². The second-order valence-corrected chi connectivity index (χ2v) is 8.08. The van der Waals surface area contributed by atoms with Crippen LogP contribution in [-0.2, 0) is 16.8 Å². The Morgan fingerprint density at radius 3 is 2.59 bits per heavy atom. The van der Waals surface area contributed by atoms with Crippen molar-refractivity contribution in [3.63, 3.8) is 0 Å². The molecule has 1 unspecified atom stereocenters. The molecule has 1 aromatic carbocycles. The lowest BCUT2D eigenvalue weighted by molar-refractivity contribution is -0.116. The number of fused-ring (bicyclic) bond motifs is 1. The number of nitrogens with one attached hydrogen (secondary N) is 1. The fourth-order valence-electron chi connectivity index (χ4n) is 4.25. The van der Waals surface area contributed by atoms with Crippen molar-refractivity contribution in [2.45, 2.75) is 37.4 Å². The molecule has 3 heterocycles. The Balaban J connectivity index is 0.00000289. The number of benzene rings is 1. The number of amides is 1. The van der Waals surface area contributed by atoms with Gasteiger partial charge in [0.2, 0.25) is 5.91 Å². The Morgan fingerprint density at radius 1 is 1.22 bits per heavy atom. The summed E-state index contributed by atoms with van der Waals surface area (Å²) in [5.41, 5.74) is 0.0243. The highest BCUT2D eigenvalue weighted by Crippen LogP contribution is 2.35. The minimum Gasteiger partial charge on any atom is -0.492 e. The Morgan fingerprint density at radius 2 is 1.94 bits per heavy atom. The van der Waals surface area contributed by atoms with Gasteiger partial charge in [-0.3, -0.25) is 4.79 Å². The molecule has 4 rings (SSSR count). The number of carbonyl (C=O) groups excluding carboxylic acids is 1. The third-order valence-electron chi connectivity index (χ3n) is 6.13. The van der Waals surface area contributed by atoms with Crippen LogP contribution in [0, 0.1) is 11.8 Å². The third-order valence-corrected chi connectivity index (χ3v) is 6.13. The molecule has 32 heavy (non-hydrogen) atoms. The summed E-state index contributed by atoms with van der Waals surface area (Å²) in [7, 11) is 1.35. The molecule has 10 heteroatoms. The van der Waals surface area contributed by atoms with Crippen LogP contribution in [-0.4, -0.2) is 52.7 Å². The number of hydrogen-bond acceptors (Lipinski definition) is 6. The Bertz CT molecular complexity index is 999. The molecular weight excluding hydrogens is 444 g/mol. The van der Waals surface area contributed by atoms with Gasteiger partial charge in [-0.2, -0.15) is 4.39 Å². The van der Waals surface area contributed by atoms with Crippen molar-refractivity contribution >= 4 is 24.0 Å². The summed E-state index contributed by atoms with van der Waals surface area (Å²) >= 11 is 0. The van der Waals surface area contributed by atoms with Crippen LogP contribution in [0.15, 0.2) is 24.3 Å². The second-order valence-electron chi connectivity index (χ2n) is 8.08. The summed E-state index contributed by atoms with van der Waals surface area (Å²) in [6.07, 6.45) is 0.0730. The van der Waals surface area contributed by atoms with E-state index in [0.717, 1.165) is 0 Å². The highest BCUT2D eigenvalue weighted by molar-refractivity contribution is 5.94. The molecule has 1 atom stereocenters. The van der Waals surface area contributed by atoms with Gasteiger partial charge in [0.1, 0.15) is 11.4 Å². The first-order chi connectivity index (χ1) is 14.8. The van der Waals surface area contributed by atoms with E-state index in [9.17, 15) is 23.8 Å². The number of rotatable bonds is 5. The number of ether oxygens (including phenoxy) is 1. The molecule has 7 nitrogen and oxygen atoms in total. The quantitative estimate of drug-likeness (QED) is 0.583. The molecular formula is C22H26ClF2N3O4. The van der Waals surface area contributed by atoms with Crippen LogP contribution in [0.4, 0.5) is 14.5 Å². The van der Waals surface area contributed by atoms with Gasteiger partial charge in [-0.25, -0.2) is 9.37 Å². The van der Waals surface area contributed by atoms with E-state index in [0.29, 0.717) is 43.6 Å². The number of likely N-dealkylation sites (tertiary alicyclic amines) is 1. The Kier molecular flexibility index (Phi) is 7.34. The van der Waals surface area contributed by atoms with Crippen molar-refractivity contribution in [2.75, 3.05) is 32.1 Å². The summed E-state index contributed by atoms with van der Waals surface area (Å²) < 4.78 is 33.7. The van der Waals surface area contributed by atoms with Crippen molar-refractivity contribution in [2.24, 2.45) is 0 Å². The lowest BCUT2D eigenvalue weighted by Crippen LogP contribution is -2.44. The predicted octanol–water partition coefficient (Wildman–Crippen LogP) is 2.69. The zero-order valence-electron chi connectivity index (χ0n) is 17.6. The lowest BCUT2D eigenvalue weighted by atomic mass is 9.87. The number of aliphatic hydroxyl groups excluding tert-OH is 1. The molecule has 2 aliphatic rings. The Labute approximate surface area is 190 Å². The van der Waals surface area contributed by atoms with Crippen molar-refractivity contribution < 1.29 is 28.5 Å². The lowest BCUT2D eigenvalue weighted by Gasteiger charge is -2.38. The fourth-order valence-corrected chi connectivity index (χ4v) is 4.25. The number of anilines is 1. The maximum Gasteiger partial charge on any atom is 0.255 e. The van der Waals surface area contributed by atoms with Crippen molar-refractivity contribution in [3.8, 4) is 5.75 Å². The number of β-amino-alcohol motifs (C(OH)–C–C–N with tert-alkyl or cyclic N) is 1. The number of carbonyl (C=O) groups is 1. The SMILES string of the molecule is COc1ccc(C2(O)CCN(CC(O)c3ccc4c(c3F)CCC(=O)N4)CC2)nc1F.Cl. The summed E-state index contributed by atoms with van der Waals surface area (Å²) in [6.45, 7) is 1.07. The van der Waals surface area contributed by atoms with E-state index in [1.54, 1.807) is 12.1 Å². The summed E-state index contributed by atoms with van der Waals surface area (Å²) in [5, 5.41) is 24.2. The van der Waals surface area contributed by atoms with Crippen LogP contribution < -0.4 is 10.1 Å². The van der Waals surface area contributed by atoms with E-state index < -0.39 is 23.5 Å². The minimum absolute atomic E-state index is 0. The van der Waals surface area contributed by atoms with E-state index in [2.05, 4.69) is 10.3 Å². The molecule has 1 amide bonds. The average Bonchev–Trinajstić information content (AvgIpc) is 2.75. The summed E-state index contributed by atoms with van der Waals surface area (Å²) in [4.78, 5) is 17.3. The monoisotopic (exact) mass is 469 g/mol. The summed E-state index contributed by atoms with van der Waals surface area (Å²) in [5.74, 6) is -1.39. The highest BCUT2D eigenvalue weighted by atomic mass is 35.5. The highest BCUT2D eigenvalue weighted by Gasteiger charge is 2.36. The van der Waals surface area contributed by atoms with Gasteiger partial charge in [-0.15, -0.1) is 12.4 Å². The molecule has 0 saturated carbocycles. The fraction of sp³-hybridized carbons (Fsp3) is 0.455. The van der Waals surface area contributed by atoms with Gasteiger partial charge in [-0.1, -0.05) is 6.07 Å². The van der Waals surface area contributed by atoms with Crippen molar-refractivity contribution in [1.82, 2.24) is 9.88 Å². The molecule has 0 aliphatic carbocycles. The van der Waals surface area contributed by atoms with Crippen LogP contribution in [0.5, 0.6) is 5.75 Å². The maximum atomic E-state index is 14.9. The van der Waals surface area contributed by atoms with Gasteiger partial charge < -0.3 is 25.2 Å². The average molecular weight is 470 g/mol. The van der Waals surface area contributed by atoms with Crippen LogP contribution >= 0.6 is 12.4 Å². The zero-order chi connectivity index (χ0) is 22.2. The molecule has 0 bridgehead atoms. The first kappa shape index (κ1) is 24.3. The van der Waals surface area contributed by atoms with Gasteiger partial charge in [-0.05, 0) is 37.5 Å². The number of aliphatic hydroxyl groups is 2. The smallest absolute Gasteiger partial charge is 0.255 e. The van der Waals surface area contributed by atoms with E-state index in [1.165, 1.54) is 19.2 Å². The van der Waals surface area contributed by atoms with Gasteiger partial charge in [0.05, 0.1) is 18.9 Å². The van der Waals surface area contributed by atoms with E-state index in [1.807, 2.05) is 4.90 Å². The Hall–Kier alpha value is -2.33. The van der Waals surface area contributed by atoms with Crippen LogP contribution in [0.25, 0.3) is 0 Å². The van der Waals surface area contributed by atoms with Crippen LogP contribution in [0.3, 0.4) is 0 Å². The van der Waals surface area contributed by atoms with Crippen LogP contribution in [0.1, 0.15) is 42.2 Å². The van der Waals surface area contributed by atoms with E-state index in [4.69, 9.17) is 4.74 Å². The standard InChI is InChI=1S/C22H25F2N3O4.ClH/c1-31-17-5-6-18(26-21(17)24)22(30)8-10-27(11-9-22)12-16(28)14-2-4-15-13(20(14)23)3-7-19(29)25-15;/h2,4-6,16,28,30H,3,7-12H2,1H3,(H,25,29);1H. The van der Waals surface area contributed by atoms with Gasteiger partial charge in [0, 0.05) is 42.9 Å². The number of aromatic nitrogens is 1. The number of hydrogen-bond donors (Lipinski definition) is 3. The number of methoxy groups -OCH3 is 1. The third kappa shape index (κ3) is 4.71. The first-order valence-corrected chi connectivity index (χ1v) is 10.3. The molecule has 2 aliphatic heterocycles. The molecule has 0 radical (unpaired) electrons. The van der Waals surface area contributed by atoms with Crippen LogP contribution in [0.2, 0.25) is 0 Å². The normalized spacial score (nSPS) is 18.8. The predicted molar refractivity (Wildman–Crippen MR) is 116 cm³/mol. The van der Waals surface area contributed by atoms with Gasteiger partial charge >= 0.3 is 0 Å². The number of pyridine rings is 1. The first-order valence-electron chi connectivity index (χ1n) is 10.3. The largest absolute Gasteiger partial charge is 0.492 e. The number of piperidine rings is 1. The van der Waals surface area contributed by atoms with Gasteiger partial charge in [0.25, 0.3) is 5.95 Å². The number of halogens is 3.